The number of aromatic nitrogens is 6. The number of carbonyl (C=O) groups is 3. The van der Waals surface area contributed by atoms with E-state index in [0.717, 1.165) is 183 Å². The third kappa shape index (κ3) is 8.54. The van der Waals surface area contributed by atoms with E-state index < -0.39 is 0 Å². The largest absolute Gasteiger partial charge is 0.383 e. The Bertz CT molecular complexity index is 2600. The van der Waals surface area contributed by atoms with E-state index in [9.17, 15) is 14.4 Å². The Morgan fingerprint density at radius 3 is 0.957 bits per heavy atom. The summed E-state index contributed by atoms with van der Waals surface area (Å²) in [5, 5.41) is 13.6. The average Bonchev–Trinajstić information content (AvgIpc) is 4.04. The van der Waals surface area contributed by atoms with Crippen molar-refractivity contribution in [2.45, 2.75) is 114 Å². The van der Waals surface area contributed by atoms with E-state index in [-0.39, 0.29) is 35.5 Å². The zero-order valence-electron chi connectivity index (χ0n) is 40.4. The van der Waals surface area contributed by atoms with Crippen molar-refractivity contribution >= 4 is 52.2 Å². The van der Waals surface area contributed by atoms with Crippen LogP contribution in [0.25, 0.3) is 0 Å². The Hall–Kier alpha value is -6.90. The number of fused-ring (bicyclic) bond motifs is 6. The zero-order chi connectivity index (χ0) is 47.9. The van der Waals surface area contributed by atoms with Gasteiger partial charge in [0.1, 0.15) is 17.5 Å². The lowest BCUT2D eigenvalue weighted by atomic mass is 9.89. The highest BCUT2D eigenvalue weighted by atomic mass is 16.2. The fourth-order valence-corrected chi connectivity index (χ4v) is 11.6. The Labute approximate surface area is 404 Å². The topological polar surface area (TPSA) is 192 Å². The molecule has 6 N–H and O–H groups in total. The highest BCUT2D eigenvalue weighted by molar-refractivity contribution is 5.92. The number of nitrogens with zero attached hydrogens (tertiary/aromatic N) is 9. The van der Waals surface area contributed by atoms with Crippen LogP contribution in [0.4, 0.5) is 34.5 Å². The number of rotatable bonds is 3. The van der Waals surface area contributed by atoms with Crippen LogP contribution in [0.5, 0.6) is 0 Å². The molecule has 0 saturated heterocycles. The van der Waals surface area contributed by atoms with E-state index in [1.54, 1.807) is 0 Å². The van der Waals surface area contributed by atoms with Crippen LogP contribution in [0.15, 0.2) is 72.8 Å². The van der Waals surface area contributed by atoms with Gasteiger partial charge in [0, 0.05) is 74.5 Å². The van der Waals surface area contributed by atoms with Gasteiger partial charge in [0.25, 0.3) is 17.7 Å². The van der Waals surface area contributed by atoms with Gasteiger partial charge in [-0.15, -0.1) is 0 Å². The van der Waals surface area contributed by atoms with Crippen molar-refractivity contribution in [3.63, 3.8) is 0 Å². The first-order valence-corrected chi connectivity index (χ1v) is 25.1. The normalized spacial score (nSPS) is 20.0. The predicted molar refractivity (Wildman–Crippen MR) is 273 cm³/mol. The number of anilines is 6. The van der Waals surface area contributed by atoms with Gasteiger partial charge in [-0.3, -0.25) is 14.4 Å². The van der Waals surface area contributed by atoms with Gasteiger partial charge in [-0.2, -0.15) is 29.3 Å². The summed E-state index contributed by atoms with van der Waals surface area (Å²) in [4.78, 5) is 45.9. The molecule has 6 heterocycles. The van der Waals surface area contributed by atoms with Crippen LogP contribution in [0.2, 0.25) is 0 Å². The highest BCUT2D eigenvalue weighted by Crippen LogP contribution is 2.40. The van der Waals surface area contributed by atoms with Crippen LogP contribution < -0.4 is 31.9 Å². The number of hydrogen-bond acceptors (Lipinski definition) is 12. The third-order valence-electron chi connectivity index (χ3n) is 15.5. The lowest BCUT2D eigenvalue weighted by Gasteiger charge is -2.32. The Morgan fingerprint density at radius 2 is 0.681 bits per heavy atom. The standard InChI is InChI=1S/3C18H22N4O/c3*1-21-11-10-13(12-6-3-5-9-16(12)21)18(23)22-17(19)14-7-2-4-8-15(14)20-22/h3*3,5-6,9,13H,2,4,7-8,10-11,19H2,1H3/t2*13-;/m10./s1. The summed E-state index contributed by atoms with van der Waals surface area (Å²) in [6.07, 6.45) is 14.8. The number of hydrogen-bond donors (Lipinski definition) is 3. The van der Waals surface area contributed by atoms with Gasteiger partial charge >= 0.3 is 0 Å². The summed E-state index contributed by atoms with van der Waals surface area (Å²) < 4.78 is 4.42. The van der Waals surface area contributed by atoms with Crippen molar-refractivity contribution < 1.29 is 14.4 Å². The molecule has 3 aromatic heterocycles. The molecule has 3 atom stereocenters. The molecule has 0 saturated carbocycles. The minimum Gasteiger partial charge on any atom is -0.383 e. The highest BCUT2D eigenvalue weighted by Gasteiger charge is 2.36. The minimum atomic E-state index is -0.161. The van der Waals surface area contributed by atoms with Gasteiger partial charge in [0.15, 0.2) is 0 Å². The van der Waals surface area contributed by atoms with Crippen LogP contribution in [0.1, 0.15) is 140 Å². The first kappa shape index (κ1) is 45.9. The number of carbonyl (C=O) groups excluding carboxylic acids is 3. The van der Waals surface area contributed by atoms with Crippen LogP contribution in [-0.2, 0) is 38.5 Å². The molecule has 12 rings (SSSR count). The summed E-state index contributed by atoms with van der Waals surface area (Å²) in [5.74, 6) is 1.22. The maximum atomic E-state index is 13.1. The molecular formula is C54H66N12O3. The molecule has 6 aromatic rings. The van der Waals surface area contributed by atoms with Crippen LogP contribution in [-0.4, -0.2) is 87.8 Å². The van der Waals surface area contributed by atoms with Crippen LogP contribution in [0, 0.1) is 0 Å². The van der Waals surface area contributed by atoms with E-state index in [1.807, 2.05) is 54.6 Å². The molecule has 69 heavy (non-hydrogen) atoms. The van der Waals surface area contributed by atoms with Crippen molar-refractivity contribution in [3.8, 4) is 0 Å². The molecule has 0 spiro atoms. The molecule has 3 aromatic carbocycles. The fraction of sp³-hybridized carbons (Fsp3) is 0.444. The lowest BCUT2D eigenvalue weighted by Crippen LogP contribution is -2.33. The van der Waals surface area contributed by atoms with Crippen molar-refractivity contribution in [1.82, 2.24) is 29.3 Å². The molecule has 0 amide bonds. The number of nitrogens with two attached hydrogens (primary N) is 3. The first-order valence-electron chi connectivity index (χ1n) is 25.1. The first-order chi connectivity index (χ1) is 33.5. The van der Waals surface area contributed by atoms with Crippen LogP contribution in [0.3, 0.4) is 0 Å². The molecule has 6 aliphatic rings. The van der Waals surface area contributed by atoms with E-state index in [2.05, 4.69) is 69.3 Å². The quantitative estimate of drug-likeness (QED) is 0.156. The maximum absolute atomic E-state index is 13.1. The molecule has 3 aliphatic carbocycles. The summed E-state index contributed by atoms with van der Waals surface area (Å²) in [6.45, 7) is 2.61. The molecular weight excluding hydrogens is 865 g/mol. The number of nitrogen functional groups attached to an aromatic ring is 3. The molecule has 1 unspecified atom stereocenters. The Morgan fingerprint density at radius 1 is 0.420 bits per heavy atom. The summed E-state index contributed by atoms with van der Waals surface area (Å²) in [6, 6.07) is 24.4. The smallest absolute Gasteiger partial charge is 0.256 e. The molecule has 360 valence electrons. The SMILES string of the molecule is CN1CCC(C(=O)n2nc3c(c2N)CCCC3)c2ccccc21.CN1CC[C@@H](C(=O)n2nc3c(c2N)CCCC3)c2ccccc21.CN1CC[C@H](C(=O)n2nc3c(c2N)CCCC3)c2ccccc21. The van der Waals surface area contributed by atoms with E-state index in [0.29, 0.717) is 17.5 Å². The molecule has 15 heteroatoms. The molecule has 3 aliphatic heterocycles. The summed E-state index contributed by atoms with van der Waals surface area (Å²) in [7, 11) is 6.21. The predicted octanol–water partition coefficient (Wildman–Crippen LogP) is 7.82. The molecule has 0 fully saturated rings. The van der Waals surface area contributed by atoms with Gasteiger partial charge in [-0.05, 0) is 131 Å². The second-order valence-electron chi connectivity index (χ2n) is 19.8. The number of aryl methyl sites for hydroxylation is 3. The van der Waals surface area contributed by atoms with E-state index >= 15 is 0 Å². The molecule has 0 bridgehead atoms. The second kappa shape index (κ2) is 19.2. The fourth-order valence-electron chi connectivity index (χ4n) is 11.6. The molecule has 15 nitrogen and oxygen atoms in total. The van der Waals surface area contributed by atoms with Gasteiger partial charge in [0.2, 0.25) is 0 Å². The number of benzene rings is 3. The Balaban J connectivity index is 0.000000120. The van der Waals surface area contributed by atoms with Gasteiger partial charge in [0.05, 0.1) is 34.8 Å². The lowest BCUT2D eigenvalue weighted by molar-refractivity contribution is 0.0850. The van der Waals surface area contributed by atoms with E-state index in [4.69, 9.17) is 17.2 Å². The van der Waals surface area contributed by atoms with Gasteiger partial charge < -0.3 is 31.9 Å². The Kier molecular flexibility index (Phi) is 12.8. The third-order valence-corrected chi connectivity index (χ3v) is 15.5. The maximum Gasteiger partial charge on any atom is 0.256 e. The monoisotopic (exact) mass is 931 g/mol. The molecule has 0 radical (unpaired) electrons. The average molecular weight is 931 g/mol. The van der Waals surface area contributed by atoms with Crippen molar-refractivity contribution in [3.05, 3.63) is 123 Å². The van der Waals surface area contributed by atoms with Crippen molar-refractivity contribution in [1.29, 1.82) is 0 Å². The van der Waals surface area contributed by atoms with Gasteiger partial charge in [-0.25, -0.2) is 0 Å². The van der Waals surface area contributed by atoms with Gasteiger partial charge in [-0.1, -0.05) is 54.6 Å². The summed E-state index contributed by atoms with van der Waals surface area (Å²) >= 11 is 0. The number of para-hydroxylation sites is 3. The van der Waals surface area contributed by atoms with Crippen LogP contribution >= 0.6 is 0 Å². The zero-order valence-corrected chi connectivity index (χ0v) is 40.4. The van der Waals surface area contributed by atoms with Crippen molar-refractivity contribution in [2.75, 3.05) is 72.7 Å². The van der Waals surface area contributed by atoms with E-state index in [1.165, 1.54) is 14.0 Å². The van der Waals surface area contributed by atoms with Crippen molar-refractivity contribution in [2.24, 2.45) is 0 Å². The summed E-state index contributed by atoms with van der Waals surface area (Å²) in [5.41, 5.74) is 31.7. The second-order valence-corrected chi connectivity index (χ2v) is 19.8. The minimum absolute atomic E-state index is 0.0115.